The molecule has 9 heteroatoms. The number of aromatic nitrogens is 2. The molecule has 0 spiro atoms. The Bertz CT molecular complexity index is 860. The van der Waals surface area contributed by atoms with Gasteiger partial charge in [0.25, 0.3) is 11.8 Å². The molecule has 2 aromatic heterocycles. The van der Waals surface area contributed by atoms with E-state index in [2.05, 4.69) is 20.8 Å². The lowest BCUT2D eigenvalue weighted by molar-refractivity contribution is -0.147. The molecule has 0 fully saturated rings. The van der Waals surface area contributed by atoms with Crippen LogP contribution in [0.5, 0.6) is 0 Å². The minimum atomic E-state index is -0.855. The van der Waals surface area contributed by atoms with Crippen molar-refractivity contribution in [3.63, 3.8) is 0 Å². The van der Waals surface area contributed by atoms with E-state index in [-0.39, 0.29) is 18.4 Å². The Hall–Kier alpha value is -3.62. The first-order valence-electron chi connectivity index (χ1n) is 7.77. The lowest BCUT2D eigenvalue weighted by Gasteiger charge is -2.13. The molecule has 0 saturated carbocycles. The van der Waals surface area contributed by atoms with E-state index < -0.39 is 18.0 Å². The molecule has 9 nitrogen and oxygen atoms in total. The number of para-hydroxylation sites is 1. The molecular weight excluding hydrogens is 340 g/mol. The van der Waals surface area contributed by atoms with E-state index in [1.54, 1.807) is 36.4 Å². The highest BCUT2D eigenvalue weighted by molar-refractivity contribution is 5.92. The van der Waals surface area contributed by atoms with Crippen molar-refractivity contribution in [3.05, 3.63) is 54.6 Å². The summed E-state index contributed by atoms with van der Waals surface area (Å²) in [4.78, 5) is 23.8. The molecule has 2 N–H and O–H groups in total. The molecule has 0 unspecified atom stereocenters. The summed E-state index contributed by atoms with van der Waals surface area (Å²) in [5.41, 5.74) is 0.613. The number of furan rings is 1. The number of esters is 1. The number of hydrogen-bond acceptors (Lipinski definition) is 7. The van der Waals surface area contributed by atoms with Crippen molar-refractivity contribution in [2.45, 2.75) is 19.6 Å². The van der Waals surface area contributed by atoms with Gasteiger partial charge in [0.1, 0.15) is 6.04 Å². The van der Waals surface area contributed by atoms with Crippen LogP contribution in [0.4, 0.5) is 10.5 Å². The van der Waals surface area contributed by atoms with Crippen LogP contribution in [0.1, 0.15) is 12.8 Å². The van der Waals surface area contributed by atoms with Gasteiger partial charge in [-0.3, -0.25) is 0 Å². The normalized spacial score (nSPS) is 11.6. The first-order valence-corrected chi connectivity index (χ1v) is 7.77. The lowest BCUT2D eigenvalue weighted by Crippen LogP contribution is -2.41. The first kappa shape index (κ1) is 17.2. The predicted octanol–water partition coefficient (Wildman–Crippen LogP) is 2.58. The Labute approximate surface area is 148 Å². The van der Waals surface area contributed by atoms with E-state index in [1.165, 1.54) is 13.2 Å². The Morgan fingerprint density at radius 1 is 1.15 bits per heavy atom. The topological polar surface area (TPSA) is 119 Å². The summed E-state index contributed by atoms with van der Waals surface area (Å²) >= 11 is 0. The van der Waals surface area contributed by atoms with Crippen LogP contribution < -0.4 is 10.6 Å². The fourth-order valence-corrected chi connectivity index (χ4v) is 2.01. The fourth-order valence-electron chi connectivity index (χ4n) is 2.01. The van der Waals surface area contributed by atoms with Crippen molar-refractivity contribution in [2.24, 2.45) is 0 Å². The highest BCUT2D eigenvalue weighted by atomic mass is 16.5. The molecule has 3 rings (SSSR count). The lowest BCUT2D eigenvalue weighted by atomic mass is 10.3. The molecule has 0 aliphatic rings. The maximum atomic E-state index is 12.0. The van der Waals surface area contributed by atoms with Crippen molar-refractivity contribution in [2.75, 3.05) is 5.32 Å². The van der Waals surface area contributed by atoms with Gasteiger partial charge in [-0.25, -0.2) is 9.59 Å². The minimum absolute atomic E-state index is 0.116. The van der Waals surface area contributed by atoms with Gasteiger partial charge in [-0.15, -0.1) is 10.2 Å². The van der Waals surface area contributed by atoms with Gasteiger partial charge in [0.05, 0.1) is 6.26 Å². The molecule has 26 heavy (non-hydrogen) atoms. The van der Waals surface area contributed by atoms with Crippen LogP contribution in [0.25, 0.3) is 11.7 Å². The molecule has 0 bridgehead atoms. The number of benzene rings is 1. The largest absolute Gasteiger partial charge is 0.459 e. The van der Waals surface area contributed by atoms with Crippen molar-refractivity contribution in [3.8, 4) is 11.7 Å². The number of carbonyl (C=O) groups is 2. The molecular formula is C17H16N4O5. The molecule has 0 saturated heterocycles. The van der Waals surface area contributed by atoms with Crippen LogP contribution in [0.3, 0.4) is 0 Å². The van der Waals surface area contributed by atoms with Gasteiger partial charge in [0.15, 0.2) is 12.4 Å². The Kier molecular flexibility index (Phi) is 5.28. The van der Waals surface area contributed by atoms with Gasteiger partial charge in [-0.1, -0.05) is 18.2 Å². The zero-order valence-electron chi connectivity index (χ0n) is 13.8. The van der Waals surface area contributed by atoms with Crippen LogP contribution >= 0.6 is 0 Å². The van der Waals surface area contributed by atoms with Crippen LogP contribution in [-0.2, 0) is 16.1 Å². The molecule has 1 atom stereocenters. The number of amides is 2. The summed E-state index contributed by atoms with van der Waals surface area (Å²) in [6.07, 6.45) is 1.48. The van der Waals surface area contributed by atoms with Crippen molar-refractivity contribution < 1.29 is 23.2 Å². The molecule has 2 heterocycles. The van der Waals surface area contributed by atoms with Crippen molar-refractivity contribution in [1.29, 1.82) is 0 Å². The summed E-state index contributed by atoms with van der Waals surface area (Å²) in [5.74, 6) is 0.0915. The number of ether oxygens (including phenoxy) is 1. The highest BCUT2D eigenvalue weighted by Gasteiger charge is 2.19. The molecule has 134 valence electrons. The second-order valence-corrected chi connectivity index (χ2v) is 5.27. The van der Waals surface area contributed by atoms with Crippen molar-refractivity contribution in [1.82, 2.24) is 15.5 Å². The van der Waals surface area contributed by atoms with Gasteiger partial charge in [0.2, 0.25) is 0 Å². The third kappa shape index (κ3) is 4.47. The van der Waals surface area contributed by atoms with Gasteiger partial charge in [-0.2, -0.15) is 0 Å². The number of nitrogens with one attached hydrogen (secondary N) is 2. The third-order valence-corrected chi connectivity index (χ3v) is 3.27. The minimum Gasteiger partial charge on any atom is -0.459 e. The summed E-state index contributed by atoms with van der Waals surface area (Å²) in [5, 5.41) is 12.7. The molecule has 0 aliphatic carbocycles. The second kappa shape index (κ2) is 7.97. The van der Waals surface area contributed by atoms with E-state index in [1.807, 2.05) is 6.07 Å². The average Bonchev–Trinajstić information content (AvgIpc) is 3.31. The number of carbonyl (C=O) groups excluding carboxylic acids is 2. The zero-order valence-corrected chi connectivity index (χ0v) is 13.8. The van der Waals surface area contributed by atoms with Gasteiger partial charge < -0.3 is 24.2 Å². The van der Waals surface area contributed by atoms with Crippen LogP contribution in [0.2, 0.25) is 0 Å². The highest BCUT2D eigenvalue weighted by Crippen LogP contribution is 2.18. The van der Waals surface area contributed by atoms with Crippen LogP contribution in [0, 0.1) is 0 Å². The molecule has 1 aromatic carbocycles. The summed E-state index contributed by atoms with van der Waals surface area (Å²) in [6, 6.07) is 10.9. The maximum absolute atomic E-state index is 12.0. The van der Waals surface area contributed by atoms with Gasteiger partial charge >= 0.3 is 12.0 Å². The predicted molar refractivity (Wildman–Crippen MR) is 89.9 cm³/mol. The smallest absolute Gasteiger partial charge is 0.328 e. The van der Waals surface area contributed by atoms with Crippen LogP contribution in [-0.4, -0.2) is 28.2 Å². The quantitative estimate of drug-likeness (QED) is 0.651. The van der Waals surface area contributed by atoms with E-state index in [0.29, 0.717) is 11.4 Å². The van der Waals surface area contributed by atoms with E-state index >= 15 is 0 Å². The molecule has 0 radical (unpaired) electrons. The number of rotatable bonds is 6. The van der Waals surface area contributed by atoms with Gasteiger partial charge in [0, 0.05) is 5.69 Å². The van der Waals surface area contributed by atoms with E-state index in [0.717, 1.165) is 0 Å². The summed E-state index contributed by atoms with van der Waals surface area (Å²) in [6.45, 7) is 1.30. The van der Waals surface area contributed by atoms with E-state index in [4.69, 9.17) is 13.6 Å². The monoisotopic (exact) mass is 356 g/mol. The Morgan fingerprint density at radius 3 is 2.69 bits per heavy atom. The Morgan fingerprint density at radius 2 is 1.96 bits per heavy atom. The maximum Gasteiger partial charge on any atom is 0.328 e. The van der Waals surface area contributed by atoms with Crippen LogP contribution in [0.15, 0.2) is 57.6 Å². The number of nitrogens with zero attached hydrogens (tertiary/aromatic N) is 2. The molecule has 3 aromatic rings. The molecule has 0 aliphatic heterocycles. The fraction of sp³-hybridized carbons (Fsp3) is 0.176. The first-order chi connectivity index (χ1) is 12.6. The van der Waals surface area contributed by atoms with E-state index in [9.17, 15) is 9.59 Å². The third-order valence-electron chi connectivity index (χ3n) is 3.27. The average molecular weight is 356 g/mol. The standard InChI is InChI=1S/C17H16N4O5/c1-11(18-17(23)19-12-6-3-2-4-7-12)16(22)25-10-14-20-21-15(26-14)13-8-5-9-24-13/h2-9,11H,10H2,1H3,(H2,18,19,23)/t11-/m0/s1. The molecule has 2 amide bonds. The number of anilines is 1. The number of hydrogen-bond donors (Lipinski definition) is 2. The second-order valence-electron chi connectivity index (χ2n) is 5.27. The summed E-state index contributed by atoms with van der Waals surface area (Å²) < 4.78 is 15.5. The van der Waals surface area contributed by atoms with Gasteiger partial charge in [-0.05, 0) is 31.2 Å². The Balaban J connectivity index is 1.46. The van der Waals surface area contributed by atoms with Crippen molar-refractivity contribution >= 4 is 17.7 Å². The number of urea groups is 1. The zero-order chi connectivity index (χ0) is 18.4. The SMILES string of the molecule is C[C@H](NC(=O)Nc1ccccc1)C(=O)OCc1nnc(-c2ccco2)o1. The summed E-state index contributed by atoms with van der Waals surface area (Å²) in [7, 11) is 0.